The van der Waals surface area contributed by atoms with Gasteiger partial charge in [-0.25, -0.2) is 18.9 Å². The van der Waals surface area contributed by atoms with E-state index in [2.05, 4.69) is 15.1 Å². The lowest BCUT2D eigenvalue weighted by Crippen LogP contribution is -2.30. The molecule has 0 atom stereocenters. The van der Waals surface area contributed by atoms with Crippen molar-refractivity contribution in [3.8, 4) is 11.4 Å². The normalized spacial score (nSPS) is 11.4. The topological polar surface area (TPSA) is 63.4 Å². The Morgan fingerprint density at radius 1 is 1.22 bits per heavy atom. The van der Waals surface area contributed by atoms with E-state index in [1.165, 1.54) is 23.5 Å². The van der Waals surface area contributed by atoms with Crippen molar-refractivity contribution in [1.29, 1.82) is 0 Å². The number of carbonyl (C=O) groups is 1. The summed E-state index contributed by atoms with van der Waals surface area (Å²) in [7, 11) is 0. The summed E-state index contributed by atoms with van der Waals surface area (Å²) >= 11 is 1.38. The third-order valence-electron chi connectivity index (χ3n) is 4.61. The molecule has 0 saturated carbocycles. The van der Waals surface area contributed by atoms with Gasteiger partial charge in [0.2, 0.25) is 0 Å². The average molecular weight is 383 g/mol. The molecular weight excluding hydrogens is 365 g/mol. The van der Waals surface area contributed by atoms with E-state index < -0.39 is 0 Å². The zero-order valence-corrected chi connectivity index (χ0v) is 16.0. The summed E-state index contributed by atoms with van der Waals surface area (Å²) in [5.41, 5.74) is 2.23. The third-order valence-corrected chi connectivity index (χ3v) is 5.80. The second kappa shape index (κ2) is 6.70. The van der Waals surface area contributed by atoms with E-state index in [9.17, 15) is 9.18 Å². The van der Waals surface area contributed by atoms with Gasteiger partial charge in [-0.15, -0.1) is 16.4 Å². The highest BCUT2D eigenvalue weighted by Crippen LogP contribution is 2.33. The number of nitrogens with zero attached hydrogens (tertiary/aromatic N) is 5. The lowest BCUT2D eigenvalue weighted by atomic mass is 10.2. The molecule has 3 aromatic heterocycles. The van der Waals surface area contributed by atoms with Crippen molar-refractivity contribution in [2.75, 3.05) is 13.1 Å². The van der Waals surface area contributed by atoms with Gasteiger partial charge in [-0.1, -0.05) is 0 Å². The smallest absolute Gasteiger partial charge is 0.264 e. The summed E-state index contributed by atoms with van der Waals surface area (Å²) in [5, 5.41) is 5.29. The number of aromatic nitrogens is 4. The molecule has 27 heavy (non-hydrogen) atoms. The Morgan fingerprint density at radius 2 is 1.93 bits per heavy atom. The molecule has 3 heterocycles. The molecule has 0 radical (unpaired) electrons. The van der Waals surface area contributed by atoms with E-state index in [4.69, 9.17) is 0 Å². The first-order chi connectivity index (χ1) is 13.0. The van der Waals surface area contributed by atoms with Crippen LogP contribution in [0.1, 0.15) is 29.1 Å². The largest absolute Gasteiger partial charge is 0.338 e. The zero-order valence-electron chi connectivity index (χ0n) is 15.2. The number of rotatable bonds is 4. The van der Waals surface area contributed by atoms with Crippen LogP contribution in [0.5, 0.6) is 0 Å². The Kier molecular flexibility index (Phi) is 4.35. The third kappa shape index (κ3) is 2.86. The molecule has 4 aromatic rings. The van der Waals surface area contributed by atoms with Crippen LogP contribution in [0.15, 0.2) is 30.6 Å². The summed E-state index contributed by atoms with van der Waals surface area (Å²) in [6.07, 6.45) is 1.60. The molecule has 0 saturated heterocycles. The zero-order chi connectivity index (χ0) is 19.1. The first-order valence-electron chi connectivity index (χ1n) is 8.73. The minimum Gasteiger partial charge on any atom is -0.338 e. The van der Waals surface area contributed by atoms with Gasteiger partial charge >= 0.3 is 0 Å². The van der Waals surface area contributed by atoms with Crippen molar-refractivity contribution in [3.63, 3.8) is 0 Å². The van der Waals surface area contributed by atoms with Crippen LogP contribution in [0.4, 0.5) is 4.39 Å². The average Bonchev–Trinajstić information content (AvgIpc) is 3.24. The van der Waals surface area contributed by atoms with Crippen molar-refractivity contribution in [3.05, 3.63) is 46.9 Å². The van der Waals surface area contributed by atoms with Crippen LogP contribution >= 0.6 is 11.3 Å². The first kappa shape index (κ1) is 17.5. The van der Waals surface area contributed by atoms with Gasteiger partial charge in [-0.05, 0) is 50.6 Å². The minimum atomic E-state index is -0.306. The fraction of sp³-hybridized carbons (Fsp3) is 0.263. The van der Waals surface area contributed by atoms with E-state index in [1.54, 1.807) is 27.9 Å². The lowest BCUT2D eigenvalue weighted by molar-refractivity contribution is 0.0777. The van der Waals surface area contributed by atoms with Crippen LogP contribution in [0.3, 0.4) is 0 Å². The SMILES string of the molecule is CCN(CC)C(=O)c1sc2ncn3nc(-c4ccc(F)cc4)nc3c2c1C. The van der Waals surface area contributed by atoms with Crippen molar-refractivity contribution >= 4 is 33.1 Å². The highest BCUT2D eigenvalue weighted by Gasteiger charge is 2.23. The highest BCUT2D eigenvalue weighted by atomic mass is 32.1. The number of aryl methyl sites for hydroxylation is 1. The van der Waals surface area contributed by atoms with Gasteiger partial charge in [0.15, 0.2) is 11.5 Å². The van der Waals surface area contributed by atoms with Crippen LogP contribution in [0, 0.1) is 12.7 Å². The lowest BCUT2D eigenvalue weighted by Gasteiger charge is -2.17. The Labute approximate surface area is 159 Å². The Hall–Kier alpha value is -2.87. The first-order valence-corrected chi connectivity index (χ1v) is 9.54. The number of hydrogen-bond acceptors (Lipinski definition) is 5. The molecule has 0 unspecified atom stereocenters. The Morgan fingerprint density at radius 3 is 2.59 bits per heavy atom. The molecule has 0 N–H and O–H groups in total. The van der Waals surface area contributed by atoms with E-state index in [-0.39, 0.29) is 11.7 Å². The number of fused-ring (bicyclic) bond motifs is 3. The molecule has 0 aliphatic heterocycles. The predicted octanol–water partition coefficient (Wildman–Crippen LogP) is 3.94. The molecule has 138 valence electrons. The predicted molar refractivity (Wildman–Crippen MR) is 104 cm³/mol. The molecule has 1 aromatic carbocycles. The maximum absolute atomic E-state index is 13.2. The molecule has 8 heteroatoms. The van der Waals surface area contributed by atoms with Crippen LogP contribution in [0.25, 0.3) is 27.3 Å². The van der Waals surface area contributed by atoms with E-state index in [0.29, 0.717) is 29.4 Å². The van der Waals surface area contributed by atoms with Gasteiger partial charge < -0.3 is 4.90 Å². The number of thiophene rings is 1. The van der Waals surface area contributed by atoms with Crippen LogP contribution in [0.2, 0.25) is 0 Å². The minimum absolute atomic E-state index is 0.0110. The van der Waals surface area contributed by atoms with Gasteiger partial charge in [0.05, 0.1) is 10.3 Å². The summed E-state index contributed by atoms with van der Waals surface area (Å²) in [5.74, 6) is 0.197. The molecule has 0 bridgehead atoms. The summed E-state index contributed by atoms with van der Waals surface area (Å²) < 4.78 is 14.8. The summed E-state index contributed by atoms with van der Waals surface area (Å²) in [6.45, 7) is 7.17. The van der Waals surface area contributed by atoms with E-state index >= 15 is 0 Å². The monoisotopic (exact) mass is 383 g/mol. The Balaban J connectivity index is 1.88. The fourth-order valence-corrected chi connectivity index (χ4v) is 4.22. The van der Waals surface area contributed by atoms with Gasteiger partial charge in [-0.2, -0.15) is 0 Å². The van der Waals surface area contributed by atoms with Gasteiger partial charge in [0.25, 0.3) is 5.91 Å². The fourth-order valence-electron chi connectivity index (χ4n) is 3.11. The maximum Gasteiger partial charge on any atom is 0.264 e. The van der Waals surface area contributed by atoms with Crippen molar-refractivity contribution in [2.45, 2.75) is 20.8 Å². The Bertz CT molecular complexity index is 1140. The quantitative estimate of drug-likeness (QED) is 0.536. The molecule has 6 nitrogen and oxygen atoms in total. The number of halogens is 1. The van der Waals surface area contributed by atoms with Crippen molar-refractivity contribution < 1.29 is 9.18 Å². The van der Waals surface area contributed by atoms with Crippen LogP contribution in [-0.2, 0) is 0 Å². The standard InChI is InChI=1S/C19H18FN5OS/c1-4-24(5-2)19(26)15-11(3)14-17-22-16(12-6-8-13(20)9-7-12)23-25(17)10-21-18(14)27-15/h6-10H,4-5H2,1-3H3. The molecular formula is C19H18FN5OS. The highest BCUT2D eigenvalue weighted by molar-refractivity contribution is 7.20. The maximum atomic E-state index is 13.2. The molecule has 0 spiro atoms. The van der Waals surface area contributed by atoms with Crippen molar-refractivity contribution in [2.24, 2.45) is 0 Å². The second-order valence-electron chi connectivity index (χ2n) is 6.17. The number of benzene rings is 1. The van der Waals surface area contributed by atoms with Crippen LogP contribution < -0.4 is 0 Å². The molecule has 0 aliphatic carbocycles. The summed E-state index contributed by atoms with van der Waals surface area (Å²) in [6, 6.07) is 6.05. The number of carbonyl (C=O) groups excluding carboxylic acids is 1. The van der Waals surface area contributed by atoms with Crippen LogP contribution in [-0.4, -0.2) is 43.5 Å². The molecule has 0 aliphatic rings. The van der Waals surface area contributed by atoms with E-state index in [1.807, 2.05) is 20.8 Å². The molecule has 0 fully saturated rings. The van der Waals surface area contributed by atoms with Crippen molar-refractivity contribution in [1.82, 2.24) is 24.5 Å². The summed E-state index contributed by atoms with van der Waals surface area (Å²) in [4.78, 5) is 25.1. The van der Waals surface area contributed by atoms with E-state index in [0.717, 1.165) is 21.3 Å². The van der Waals surface area contributed by atoms with Gasteiger partial charge in [0, 0.05) is 18.7 Å². The van der Waals surface area contributed by atoms with Gasteiger partial charge in [0.1, 0.15) is 17.0 Å². The van der Waals surface area contributed by atoms with Gasteiger partial charge in [-0.3, -0.25) is 4.79 Å². The number of amides is 1. The molecule has 1 amide bonds. The second-order valence-corrected chi connectivity index (χ2v) is 7.17. The number of hydrogen-bond donors (Lipinski definition) is 0. The molecule has 4 rings (SSSR count).